The Hall–Kier alpha value is -2.33. The van der Waals surface area contributed by atoms with Gasteiger partial charge in [0.15, 0.2) is 0 Å². The van der Waals surface area contributed by atoms with E-state index in [1.54, 1.807) is 17.1 Å². The zero-order chi connectivity index (χ0) is 25.3. The molecule has 2 heterocycles. The van der Waals surface area contributed by atoms with Crippen molar-refractivity contribution in [2.24, 2.45) is 0 Å². The lowest BCUT2D eigenvalue weighted by Gasteiger charge is -2.39. The van der Waals surface area contributed by atoms with E-state index in [4.69, 9.17) is 27.9 Å². The van der Waals surface area contributed by atoms with Gasteiger partial charge in [-0.15, -0.1) is 0 Å². The first-order chi connectivity index (χ1) is 17.3. The van der Waals surface area contributed by atoms with E-state index >= 15 is 0 Å². The second-order valence-corrected chi connectivity index (χ2v) is 10.1. The number of benzene rings is 2. The molecular weight excluding hydrogens is 514 g/mol. The van der Waals surface area contributed by atoms with Crippen LogP contribution >= 0.6 is 23.2 Å². The Morgan fingerprint density at radius 3 is 2.67 bits per heavy atom. The topological polar surface area (TPSA) is 55.2 Å². The molecule has 1 aromatic heterocycles. The van der Waals surface area contributed by atoms with Gasteiger partial charge in [0, 0.05) is 34.7 Å². The second-order valence-electron chi connectivity index (χ2n) is 9.25. The Morgan fingerprint density at radius 2 is 1.94 bits per heavy atom. The van der Waals surface area contributed by atoms with Crippen molar-refractivity contribution in [1.82, 2.24) is 25.0 Å². The van der Waals surface area contributed by atoms with Crippen LogP contribution < -0.4 is 10.1 Å². The van der Waals surface area contributed by atoms with Gasteiger partial charge < -0.3 is 10.1 Å². The third-order valence-electron chi connectivity index (χ3n) is 6.81. The number of hydrogen-bond acceptors (Lipinski definition) is 5. The van der Waals surface area contributed by atoms with Crippen LogP contribution in [0, 0.1) is 0 Å². The van der Waals surface area contributed by atoms with Crippen LogP contribution in [0.15, 0.2) is 49.1 Å². The van der Waals surface area contributed by atoms with Crippen molar-refractivity contribution in [3.63, 3.8) is 0 Å². The van der Waals surface area contributed by atoms with Crippen molar-refractivity contribution in [3.05, 3.63) is 70.2 Å². The molecule has 6 nitrogen and oxygen atoms in total. The summed E-state index contributed by atoms with van der Waals surface area (Å²) < 4.78 is 46.1. The number of halogens is 5. The van der Waals surface area contributed by atoms with Gasteiger partial charge in [-0.3, -0.25) is 4.90 Å². The normalized spacial score (nSPS) is 22.5. The van der Waals surface area contributed by atoms with Crippen molar-refractivity contribution in [1.29, 1.82) is 0 Å². The number of hydrogen-bond donors (Lipinski definition) is 1. The van der Waals surface area contributed by atoms with E-state index in [1.807, 2.05) is 30.3 Å². The summed E-state index contributed by atoms with van der Waals surface area (Å²) in [5.74, 6) is 0.690. The number of aromatic nitrogens is 3. The molecule has 0 radical (unpaired) electrons. The minimum absolute atomic E-state index is 0.00788. The predicted molar refractivity (Wildman–Crippen MR) is 132 cm³/mol. The van der Waals surface area contributed by atoms with Gasteiger partial charge in [-0.2, -0.15) is 18.3 Å². The van der Waals surface area contributed by atoms with Crippen molar-refractivity contribution < 1.29 is 17.9 Å². The zero-order valence-corrected chi connectivity index (χ0v) is 20.9. The second kappa shape index (κ2) is 10.6. The highest BCUT2D eigenvalue weighted by Gasteiger charge is 2.41. The molecule has 2 aromatic carbocycles. The van der Waals surface area contributed by atoms with E-state index in [2.05, 4.69) is 20.3 Å². The number of alkyl halides is 3. The first-order valence-electron chi connectivity index (χ1n) is 11.9. The van der Waals surface area contributed by atoms with E-state index in [-0.39, 0.29) is 24.7 Å². The minimum atomic E-state index is -4.16. The number of fused-ring (bicyclic) bond motifs is 1. The molecule has 0 amide bonds. The monoisotopic (exact) mass is 539 g/mol. The summed E-state index contributed by atoms with van der Waals surface area (Å²) in [6.07, 6.45) is 0.209. The first-order valence-corrected chi connectivity index (χ1v) is 12.7. The van der Waals surface area contributed by atoms with Gasteiger partial charge in [-0.25, -0.2) is 9.67 Å². The molecule has 5 rings (SSSR count). The molecule has 0 bridgehead atoms. The molecule has 36 heavy (non-hydrogen) atoms. The lowest BCUT2D eigenvalue weighted by molar-refractivity contribution is -0.133. The number of nitrogens with one attached hydrogen (secondary N) is 1. The van der Waals surface area contributed by atoms with Gasteiger partial charge >= 0.3 is 6.18 Å². The minimum Gasteiger partial charge on any atom is -0.484 e. The van der Waals surface area contributed by atoms with E-state index < -0.39 is 12.6 Å². The van der Waals surface area contributed by atoms with Crippen LogP contribution in [0.1, 0.15) is 36.5 Å². The van der Waals surface area contributed by atoms with Gasteiger partial charge in [-0.05, 0) is 67.8 Å². The quantitative estimate of drug-likeness (QED) is 0.422. The molecule has 192 valence electrons. The number of ether oxygens (including phenoxy) is 1. The van der Waals surface area contributed by atoms with Crippen LogP contribution in [-0.2, 0) is 6.42 Å². The number of nitrogens with zero attached hydrogens (tertiary/aromatic N) is 4. The molecule has 1 aliphatic carbocycles. The standard InChI is InChI=1S/C25H26Cl2F3N5O/c26-16-10-21-20(22(27)11-16)12-23(34-9-1-2-17(13-34)32-8-7-25(28,29)30)24(21)36-19-5-3-18(4-6-19)35-15-31-14-33-35/h3-6,10-11,14-15,17,23-24,32H,1-2,7-9,12-13H2/t17-,23+,24-/m1/s1. The van der Waals surface area contributed by atoms with Crippen molar-refractivity contribution in [2.75, 3.05) is 19.6 Å². The van der Waals surface area contributed by atoms with Crippen molar-refractivity contribution in [3.8, 4) is 11.4 Å². The van der Waals surface area contributed by atoms with Crippen LogP contribution in [0.25, 0.3) is 5.69 Å². The van der Waals surface area contributed by atoms with Gasteiger partial charge in [0.1, 0.15) is 24.5 Å². The van der Waals surface area contributed by atoms with Gasteiger partial charge in [-0.1, -0.05) is 23.2 Å². The van der Waals surface area contributed by atoms with Crippen LogP contribution in [-0.4, -0.2) is 57.6 Å². The predicted octanol–water partition coefficient (Wildman–Crippen LogP) is 5.63. The van der Waals surface area contributed by atoms with Gasteiger partial charge in [0.05, 0.1) is 18.2 Å². The summed E-state index contributed by atoms with van der Waals surface area (Å²) >= 11 is 12.9. The Labute approximate surface area is 217 Å². The van der Waals surface area contributed by atoms with Crippen LogP contribution in [0.2, 0.25) is 10.0 Å². The maximum absolute atomic E-state index is 12.6. The van der Waals surface area contributed by atoms with Gasteiger partial charge in [0.2, 0.25) is 0 Å². The maximum Gasteiger partial charge on any atom is 0.390 e. The fourth-order valence-corrected chi connectivity index (χ4v) is 5.72. The maximum atomic E-state index is 12.6. The van der Waals surface area contributed by atoms with Crippen molar-refractivity contribution in [2.45, 2.75) is 50.0 Å². The third kappa shape index (κ3) is 5.80. The molecule has 3 atom stereocenters. The van der Waals surface area contributed by atoms with E-state index in [0.717, 1.165) is 36.2 Å². The molecule has 1 saturated heterocycles. The Bertz CT molecular complexity index is 1170. The molecule has 0 spiro atoms. The van der Waals surface area contributed by atoms with Gasteiger partial charge in [0.25, 0.3) is 0 Å². The molecular formula is C25H26Cl2F3N5O. The third-order valence-corrected chi connectivity index (χ3v) is 7.37. The Morgan fingerprint density at radius 1 is 1.14 bits per heavy atom. The average Bonchev–Trinajstić information content (AvgIpc) is 3.48. The number of piperidine rings is 1. The summed E-state index contributed by atoms with van der Waals surface area (Å²) in [7, 11) is 0. The number of likely N-dealkylation sites (tertiary alicyclic amines) is 1. The van der Waals surface area contributed by atoms with E-state index in [9.17, 15) is 13.2 Å². The summed E-state index contributed by atoms with van der Waals surface area (Å²) in [6, 6.07) is 11.2. The number of rotatable bonds is 7. The lowest BCUT2D eigenvalue weighted by atomic mass is 10.0. The summed E-state index contributed by atoms with van der Waals surface area (Å²) in [4.78, 5) is 6.29. The SMILES string of the molecule is FC(F)(F)CCN[C@@H]1CCCN([C@H]2Cc3c(Cl)cc(Cl)cc3[C@H]2Oc2ccc(-n3cncn3)cc2)C1. The highest BCUT2D eigenvalue weighted by Crippen LogP contribution is 2.43. The Balaban J connectivity index is 1.35. The first kappa shape index (κ1) is 25.3. The lowest BCUT2D eigenvalue weighted by Crippen LogP contribution is -2.51. The summed E-state index contributed by atoms with van der Waals surface area (Å²) in [5, 5.41) is 8.38. The Kier molecular flexibility index (Phi) is 7.44. The van der Waals surface area contributed by atoms with Crippen molar-refractivity contribution >= 4 is 23.2 Å². The molecule has 0 unspecified atom stereocenters. The highest BCUT2D eigenvalue weighted by atomic mass is 35.5. The highest BCUT2D eigenvalue weighted by molar-refractivity contribution is 6.35. The molecule has 3 aromatic rings. The molecule has 0 saturated carbocycles. The molecule has 1 aliphatic heterocycles. The molecule has 11 heteroatoms. The largest absolute Gasteiger partial charge is 0.484 e. The molecule has 2 aliphatic rings. The van der Waals surface area contributed by atoms with E-state index in [1.165, 1.54) is 6.33 Å². The average molecular weight is 540 g/mol. The zero-order valence-electron chi connectivity index (χ0n) is 19.4. The van der Waals surface area contributed by atoms with Crippen LogP contribution in [0.5, 0.6) is 5.75 Å². The smallest absolute Gasteiger partial charge is 0.390 e. The fourth-order valence-electron chi connectivity index (χ4n) is 5.14. The summed E-state index contributed by atoms with van der Waals surface area (Å²) in [5.41, 5.74) is 2.81. The van der Waals surface area contributed by atoms with Crippen LogP contribution in [0.3, 0.4) is 0 Å². The molecule has 1 fully saturated rings. The summed E-state index contributed by atoms with van der Waals surface area (Å²) in [6.45, 7) is 1.41. The molecule has 1 N–H and O–H groups in total. The van der Waals surface area contributed by atoms with E-state index in [0.29, 0.717) is 28.8 Å². The fraction of sp³-hybridized carbons (Fsp3) is 0.440. The van der Waals surface area contributed by atoms with Crippen LogP contribution in [0.4, 0.5) is 13.2 Å².